The first kappa shape index (κ1) is 16.4. The Balaban J connectivity index is 1.87. The summed E-state index contributed by atoms with van der Waals surface area (Å²) in [6, 6.07) is 5.75. The number of halogens is 1. The number of aromatic nitrogens is 1. The zero-order valence-electron chi connectivity index (χ0n) is 13.0. The molecule has 1 aromatic heterocycles. The highest BCUT2D eigenvalue weighted by Crippen LogP contribution is 2.37. The van der Waals surface area contributed by atoms with Crippen molar-refractivity contribution in [3.63, 3.8) is 0 Å². The molecular weight excluding hydrogens is 333 g/mol. The van der Waals surface area contributed by atoms with Crippen molar-refractivity contribution in [2.75, 3.05) is 17.2 Å². The molecule has 0 bridgehead atoms. The number of anilines is 2. The standard InChI is InChI=1S/C16H16FN3O3S/c1-2-23-16(22)20-14-12(9-5-7-11(17)8-6-9)18-15(24-14)19-13(21)10-3-4-10/h5-8,10H,2-4H2,1H3,(H,20,22)(H,18,19,21). The van der Waals surface area contributed by atoms with Crippen molar-refractivity contribution in [1.29, 1.82) is 0 Å². The van der Waals surface area contributed by atoms with Crippen molar-refractivity contribution in [1.82, 2.24) is 4.98 Å². The van der Waals surface area contributed by atoms with Gasteiger partial charge in [0.1, 0.15) is 16.5 Å². The third kappa shape index (κ3) is 3.88. The molecule has 1 aliphatic rings. The highest BCUT2D eigenvalue weighted by Gasteiger charge is 2.30. The highest BCUT2D eigenvalue weighted by atomic mass is 32.1. The summed E-state index contributed by atoms with van der Waals surface area (Å²) in [6.07, 6.45) is 1.16. The SMILES string of the molecule is CCOC(=O)Nc1sc(NC(=O)C2CC2)nc1-c1ccc(F)cc1. The largest absolute Gasteiger partial charge is 0.450 e. The maximum Gasteiger partial charge on any atom is 0.412 e. The lowest BCUT2D eigenvalue weighted by Gasteiger charge is -2.05. The van der Waals surface area contributed by atoms with Crippen molar-refractivity contribution in [3.05, 3.63) is 30.1 Å². The van der Waals surface area contributed by atoms with Gasteiger partial charge < -0.3 is 10.1 Å². The molecule has 0 spiro atoms. The van der Waals surface area contributed by atoms with E-state index in [0.29, 0.717) is 21.4 Å². The number of nitrogens with zero attached hydrogens (tertiary/aromatic N) is 1. The summed E-state index contributed by atoms with van der Waals surface area (Å²) in [5, 5.41) is 6.19. The number of carbonyl (C=O) groups excluding carboxylic acids is 2. The Morgan fingerprint density at radius 1 is 1.29 bits per heavy atom. The molecule has 0 aliphatic heterocycles. The number of nitrogens with one attached hydrogen (secondary N) is 2. The maximum absolute atomic E-state index is 13.1. The Bertz CT molecular complexity index is 756. The van der Waals surface area contributed by atoms with Gasteiger partial charge in [-0.25, -0.2) is 14.2 Å². The van der Waals surface area contributed by atoms with E-state index in [-0.39, 0.29) is 24.2 Å². The minimum absolute atomic E-state index is 0.0460. The fourth-order valence-electron chi connectivity index (χ4n) is 2.07. The number of hydrogen-bond donors (Lipinski definition) is 2. The van der Waals surface area contributed by atoms with Gasteiger partial charge in [-0.2, -0.15) is 0 Å². The predicted octanol–water partition coefficient (Wildman–Crippen LogP) is 3.87. The Hall–Kier alpha value is -2.48. The second-order valence-electron chi connectivity index (χ2n) is 5.31. The van der Waals surface area contributed by atoms with Crippen molar-refractivity contribution < 1.29 is 18.7 Å². The zero-order valence-corrected chi connectivity index (χ0v) is 13.8. The smallest absolute Gasteiger partial charge is 0.412 e. The normalized spacial score (nSPS) is 13.4. The molecule has 1 aliphatic carbocycles. The molecule has 0 radical (unpaired) electrons. The van der Waals surface area contributed by atoms with Gasteiger partial charge in [0.15, 0.2) is 5.13 Å². The van der Waals surface area contributed by atoms with E-state index in [1.54, 1.807) is 19.1 Å². The van der Waals surface area contributed by atoms with E-state index in [1.807, 2.05) is 0 Å². The van der Waals surface area contributed by atoms with Crippen LogP contribution in [0.2, 0.25) is 0 Å². The van der Waals surface area contributed by atoms with E-state index in [1.165, 1.54) is 12.1 Å². The summed E-state index contributed by atoms with van der Waals surface area (Å²) in [5.41, 5.74) is 1.09. The highest BCUT2D eigenvalue weighted by molar-refractivity contribution is 7.20. The van der Waals surface area contributed by atoms with Crippen LogP contribution in [0.4, 0.5) is 19.3 Å². The van der Waals surface area contributed by atoms with Gasteiger partial charge in [0.25, 0.3) is 0 Å². The quantitative estimate of drug-likeness (QED) is 0.859. The van der Waals surface area contributed by atoms with Gasteiger partial charge in [0.2, 0.25) is 5.91 Å². The Morgan fingerprint density at radius 3 is 2.62 bits per heavy atom. The molecule has 1 aromatic carbocycles. The van der Waals surface area contributed by atoms with Crippen LogP contribution in [0.5, 0.6) is 0 Å². The molecule has 8 heteroatoms. The number of ether oxygens (including phenoxy) is 1. The zero-order chi connectivity index (χ0) is 17.1. The molecule has 1 fully saturated rings. The van der Waals surface area contributed by atoms with Gasteiger partial charge in [0, 0.05) is 11.5 Å². The van der Waals surface area contributed by atoms with E-state index in [9.17, 15) is 14.0 Å². The lowest BCUT2D eigenvalue weighted by molar-refractivity contribution is -0.117. The molecule has 6 nitrogen and oxygen atoms in total. The molecule has 0 unspecified atom stereocenters. The fourth-order valence-corrected chi connectivity index (χ4v) is 2.95. The molecule has 2 aromatic rings. The average Bonchev–Trinajstić information content (AvgIpc) is 3.32. The molecule has 0 atom stereocenters. The van der Waals surface area contributed by atoms with E-state index in [4.69, 9.17) is 4.74 Å². The minimum Gasteiger partial charge on any atom is -0.450 e. The fraction of sp³-hybridized carbons (Fsp3) is 0.312. The number of amides is 2. The number of carbonyl (C=O) groups is 2. The number of benzene rings is 1. The molecule has 2 amide bonds. The van der Waals surface area contributed by atoms with Crippen molar-refractivity contribution in [2.24, 2.45) is 5.92 Å². The summed E-state index contributed by atoms with van der Waals surface area (Å²) in [4.78, 5) is 28.0. The average molecular weight is 349 g/mol. The van der Waals surface area contributed by atoms with Crippen molar-refractivity contribution in [3.8, 4) is 11.3 Å². The maximum atomic E-state index is 13.1. The van der Waals surface area contributed by atoms with E-state index >= 15 is 0 Å². The predicted molar refractivity (Wildman–Crippen MR) is 89.5 cm³/mol. The van der Waals surface area contributed by atoms with E-state index in [2.05, 4.69) is 15.6 Å². The third-order valence-corrected chi connectivity index (χ3v) is 4.30. The van der Waals surface area contributed by atoms with Crippen molar-refractivity contribution in [2.45, 2.75) is 19.8 Å². The first-order valence-corrected chi connectivity index (χ1v) is 8.40. The van der Waals surface area contributed by atoms with Gasteiger partial charge in [-0.1, -0.05) is 11.3 Å². The third-order valence-electron chi connectivity index (χ3n) is 3.41. The topological polar surface area (TPSA) is 80.3 Å². The van der Waals surface area contributed by atoms with Crippen LogP contribution in [-0.2, 0) is 9.53 Å². The first-order chi connectivity index (χ1) is 11.6. The number of thiazole rings is 1. The Morgan fingerprint density at radius 2 is 2.00 bits per heavy atom. The van der Waals surface area contributed by atoms with Crippen LogP contribution in [-0.4, -0.2) is 23.6 Å². The molecule has 2 N–H and O–H groups in total. The molecule has 126 valence electrons. The molecule has 0 saturated heterocycles. The van der Waals surface area contributed by atoms with Crippen LogP contribution in [0.1, 0.15) is 19.8 Å². The van der Waals surface area contributed by atoms with Gasteiger partial charge in [-0.3, -0.25) is 10.1 Å². The Kier molecular flexibility index (Phi) is 4.75. The van der Waals surface area contributed by atoms with Crippen LogP contribution in [0.3, 0.4) is 0 Å². The molecule has 1 heterocycles. The van der Waals surface area contributed by atoms with E-state index < -0.39 is 6.09 Å². The van der Waals surface area contributed by atoms with Crippen LogP contribution in [0.15, 0.2) is 24.3 Å². The molecule has 24 heavy (non-hydrogen) atoms. The minimum atomic E-state index is -0.607. The van der Waals surface area contributed by atoms with Crippen LogP contribution < -0.4 is 10.6 Å². The summed E-state index contributed by atoms with van der Waals surface area (Å²) >= 11 is 1.14. The van der Waals surface area contributed by atoms with Crippen molar-refractivity contribution >= 4 is 33.5 Å². The number of rotatable bonds is 5. The van der Waals surface area contributed by atoms with Crippen LogP contribution >= 0.6 is 11.3 Å². The lowest BCUT2D eigenvalue weighted by Crippen LogP contribution is -2.13. The monoisotopic (exact) mass is 349 g/mol. The number of hydrogen-bond acceptors (Lipinski definition) is 5. The molecule has 1 saturated carbocycles. The van der Waals surface area contributed by atoms with Gasteiger partial charge in [0.05, 0.1) is 6.61 Å². The van der Waals surface area contributed by atoms with Crippen LogP contribution in [0.25, 0.3) is 11.3 Å². The summed E-state index contributed by atoms with van der Waals surface area (Å²) in [5.74, 6) is -0.391. The Labute approximate surface area is 142 Å². The van der Waals surface area contributed by atoms with Crippen LogP contribution in [0, 0.1) is 11.7 Å². The van der Waals surface area contributed by atoms with Gasteiger partial charge in [-0.05, 0) is 44.0 Å². The summed E-state index contributed by atoms with van der Waals surface area (Å²) in [6.45, 7) is 1.94. The molecular formula is C16H16FN3O3S. The lowest BCUT2D eigenvalue weighted by atomic mass is 10.1. The second kappa shape index (κ2) is 6.96. The summed E-state index contributed by atoms with van der Waals surface area (Å²) < 4.78 is 18.0. The van der Waals surface area contributed by atoms with E-state index in [0.717, 1.165) is 24.2 Å². The van der Waals surface area contributed by atoms with Gasteiger partial charge in [-0.15, -0.1) is 0 Å². The molecule has 3 rings (SSSR count). The first-order valence-electron chi connectivity index (χ1n) is 7.58. The second-order valence-corrected chi connectivity index (χ2v) is 6.31. The summed E-state index contributed by atoms with van der Waals surface area (Å²) in [7, 11) is 0. The van der Waals surface area contributed by atoms with Gasteiger partial charge >= 0.3 is 6.09 Å².